The monoisotopic (exact) mass is 436 g/mol. The Morgan fingerprint density at radius 2 is 1.58 bits per heavy atom. The highest BCUT2D eigenvalue weighted by atomic mass is 32.2. The summed E-state index contributed by atoms with van der Waals surface area (Å²) in [4.78, 5) is 21.3. The van der Waals surface area contributed by atoms with Crippen LogP contribution < -0.4 is 5.32 Å². The van der Waals surface area contributed by atoms with Gasteiger partial charge in [-0.05, 0) is 43.0 Å². The zero-order valence-corrected chi connectivity index (χ0v) is 18.0. The molecule has 2 aromatic carbocycles. The molecule has 31 heavy (non-hydrogen) atoms. The molecule has 4 rings (SSSR count). The van der Waals surface area contributed by atoms with Crippen molar-refractivity contribution in [1.29, 1.82) is 0 Å². The molecule has 0 saturated carbocycles. The molecular weight excluding hydrogens is 412 g/mol. The number of aromatic nitrogens is 2. The van der Waals surface area contributed by atoms with Gasteiger partial charge in [-0.1, -0.05) is 37.3 Å². The Balaban J connectivity index is 1.42. The van der Waals surface area contributed by atoms with Crippen LogP contribution in [-0.4, -0.2) is 41.7 Å². The number of hydrogen-bond acceptors (Lipinski definition) is 5. The van der Waals surface area contributed by atoms with Gasteiger partial charge in [0.1, 0.15) is 0 Å². The van der Waals surface area contributed by atoms with Crippen LogP contribution in [0, 0.1) is 5.92 Å². The fourth-order valence-electron chi connectivity index (χ4n) is 3.48. The number of nitrogens with zero attached hydrogens (tertiary/aromatic N) is 3. The average molecular weight is 437 g/mol. The minimum atomic E-state index is -3.54. The number of hydrogen-bond donors (Lipinski definition) is 1. The molecule has 0 unspecified atom stereocenters. The minimum Gasteiger partial charge on any atom is -0.319 e. The molecule has 0 bridgehead atoms. The van der Waals surface area contributed by atoms with Crippen molar-refractivity contribution in [2.24, 2.45) is 5.92 Å². The van der Waals surface area contributed by atoms with E-state index in [-0.39, 0.29) is 10.8 Å². The van der Waals surface area contributed by atoms with E-state index in [4.69, 9.17) is 0 Å². The van der Waals surface area contributed by atoms with Crippen LogP contribution in [0.25, 0.3) is 11.4 Å². The lowest BCUT2D eigenvalue weighted by atomic mass is 10.0. The van der Waals surface area contributed by atoms with Gasteiger partial charge >= 0.3 is 0 Å². The Kier molecular flexibility index (Phi) is 6.11. The molecule has 1 fully saturated rings. The summed E-state index contributed by atoms with van der Waals surface area (Å²) in [6, 6.07) is 15.6. The quantitative estimate of drug-likeness (QED) is 0.656. The standard InChI is InChI=1S/C23H24N4O3S/c1-17-11-13-27(14-12-17)31(29,30)21-9-7-19(8-10-21)23(28)26-20-15-24-22(25-16-20)18-5-3-2-4-6-18/h2-10,15-17H,11-14H2,1H3,(H,26,28). The van der Waals surface area contributed by atoms with Crippen LogP contribution in [0.2, 0.25) is 0 Å². The first kappa shape index (κ1) is 21.1. The van der Waals surface area contributed by atoms with E-state index >= 15 is 0 Å². The Hall–Kier alpha value is -3.10. The van der Waals surface area contributed by atoms with Crippen molar-refractivity contribution in [2.45, 2.75) is 24.7 Å². The first-order valence-electron chi connectivity index (χ1n) is 10.2. The molecule has 0 aliphatic carbocycles. The van der Waals surface area contributed by atoms with Gasteiger partial charge in [0.05, 0.1) is 23.0 Å². The summed E-state index contributed by atoms with van der Waals surface area (Å²) in [5.41, 5.74) is 1.71. The van der Waals surface area contributed by atoms with Crippen LogP contribution in [0.15, 0.2) is 71.9 Å². The van der Waals surface area contributed by atoms with Gasteiger partial charge in [-0.15, -0.1) is 0 Å². The number of nitrogens with one attached hydrogen (secondary N) is 1. The second kappa shape index (κ2) is 8.95. The average Bonchev–Trinajstić information content (AvgIpc) is 2.80. The molecule has 160 valence electrons. The van der Waals surface area contributed by atoms with Crippen LogP contribution in [0.1, 0.15) is 30.1 Å². The van der Waals surface area contributed by atoms with Gasteiger partial charge in [0.25, 0.3) is 5.91 Å². The second-order valence-corrected chi connectivity index (χ2v) is 9.66. The molecule has 1 aliphatic heterocycles. The van der Waals surface area contributed by atoms with Gasteiger partial charge in [0, 0.05) is 24.2 Å². The molecule has 1 amide bonds. The molecule has 3 aromatic rings. The summed E-state index contributed by atoms with van der Waals surface area (Å²) in [5.74, 6) is 0.760. The molecular formula is C23H24N4O3S. The fraction of sp³-hybridized carbons (Fsp3) is 0.261. The summed E-state index contributed by atoms with van der Waals surface area (Å²) in [6.45, 7) is 3.20. The number of rotatable bonds is 5. The fourth-order valence-corrected chi connectivity index (χ4v) is 4.95. The maximum Gasteiger partial charge on any atom is 0.255 e. The third kappa shape index (κ3) is 4.81. The van der Waals surface area contributed by atoms with Crippen molar-refractivity contribution in [2.75, 3.05) is 18.4 Å². The van der Waals surface area contributed by atoms with Gasteiger partial charge in [-0.2, -0.15) is 4.31 Å². The first-order chi connectivity index (χ1) is 14.9. The SMILES string of the molecule is CC1CCN(S(=O)(=O)c2ccc(C(=O)Nc3cnc(-c4ccccc4)nc3)cc2)CC1. The van der Waals surface area contributed by atoms with Crippen LogP contribution in [0.4, 0.5) is 5.69 Å². The molecule has 8 heteroatoms. The molecule has 0 spiro atoms. The maximum absolute atomic E-state index is 12.8. The highest BCUT2D eigenvalue weighted by Crippen LogP contribution is 2.24. The predicted molar refractivity (Wildman–Crippen MR) is 119 cm³/mol. The Morgan fingerprint density at radius 1 is 0.968 bits per heavy atom. The van der Waals surface area contributed by atoms with E-state index in [1.165, 1.54) is 28.6 Å². The number of anilines is 1. The zero-order valence-electron chi connectivity index (χ0n) is 17.2. The number of sulfonamides is 1. The van der Waals surface area contributed by atoms with Crippen molar-refractivity contribution in [3.05, 3.63) is 72.6 Å². The molecule has 0 radical (unpaired) electrons. The number of amides is 1. The molecule has 2 heterocycles. The maximum atomic E-state index is 12.8. The summed E-state index contributed by atoms with van der Waals surface area (Å²) in [6.07, 6.45) is 4.82. The van der Waals surface area contributed by atoms with Crippen molar-refractivity contribution in [3.63, 3.8) is 0 Å². The molecule has 7 nitrogen and oxygen atoms in total. The zero-order chi connectivity index (χ0) is 21.8. The van der Waals surface area contributed by atoms with Gasteiger partial charge in [0.2, 0.25) is 10.0 Å². The predicted octanol–water partition coefficient (Wildman–Crippen LogP) is 3.82. The highest BCUT2D eigenvalue weighted by Gasteiger charge is 2.28. The van der Waals surface area contributed by atoms with E-state index in [2.05, 4.69) is 22.2 Å². The van der Waals surface area contributed by atoms with Gasteiger partial charge in [-0.25, -0.2) is 18.4 Å². The number of carbonyl (C=O) groups is 1. The second-order valence-electron chi connectivity index (χ2n) is 7.73. The Labute approximate surface area is 182 Å². The van der Waals surface area contributed by atoms with Crippen LogP contribution >= 0.6 is 0 Å². The highest BCUT2D eigenvalue weighted by molar-refractivity contribution is 7.89. The lowest BCUT2D eigenvalue weighted by molar-refractivity contribution is 0.102. The van der Waals surface area contributed by atoms with Crippen molar-refractivity contribution >= 4 is 21.6 Å². The summed E-state index contributed by atoms with van der Waals surface area (Å²) >= 11 is 0. The molecule has 1 aromatic heterocycles. The lowest BCUT2D eigenvalue weighted by Gasteiger charge is -2.29. The minimum absolute atomic E-state index is 0.203. The smallest absolute Gasteiger partial charge is 0.255 e. The number of carbonyl (C=O) groups excluding carboxylic acids is 1. The van der Waals surface area contributed by atoms with Crippen molar-refractivity contribution in [3.8, 4) is 11.4 Å². The Bertz CT molecular complexity index is 1140. The van der Waals surface area contributed by atoms with E-state index < -0.39 is 10.0 Å². The lowest BCUT2D eigenvalue weighted by Crippen LogP contribution is -2.37. The van der Waals surface area contributed by atoms with Crippen LogP contribution in [-0.2, 0) is 10.0 Å². The summed E-state index contributed by atoms with van der Waals surface area (Å²) in [5, 5.41) is 2.74. The normalized spacial score (nSPS) is 15.5. The van der Waals surface area contributed by atoms with E-state index in [1.54, 1.807) is 12.4 Å². The first-order valence-corrected chi connectivity index (χ1v) is 11.7. The Morgan fingerprint density at radius 3 is 2.19 bits per heavy atom. The molecule has 0 atom stereocenters. The van der Waals surface area contributed by atoms with Gasteiger partial charge in [-0.3, -0.25) is 4.79 Å². The number of piperidine rings is 1. The van der Waals surface area contributed by atoms with E-state index in [0.29, 0.717) is 36.1 Å². The molecule has 1 N–H and O–H groups in total. The van der Waals surface area contributed by atoms with E-state index in [0.717, 1.165) is 18.4 Å². The van der Waals surface area contributed by atoms with E-state index in [9.17, 15) is 13.2 Å². The van der Waals surface area contributed by atoms with E-state index in [1.807, 2.05) is 30.3 Å². The molecule has 1 aliphatic rings. The van der Waals surface area contributed by atoms with Crippen LogP contribution in [0.3, 0.4) is 0 Å². The topological polar surface area (TPSA) is 92.3 Å². The number of benzene rings is 2. The summed E-state index contributed by atoms with van der Waals surface area (Å²) < 4.78 is 27.2. The van der Waals surface area contributed by atoms with Crippen LogP contribution in [0.5, 0.6) is 0 Å². The van der Waals surface area contributed by atoms with Crippen molar-refractivity contribution in [1.82, 2.24) is 14.3 Å². The largest absolute Gasteiger partial charge is 0.319 e. The van der Waals surface area contributed by atoms with Gasteiger partial charge < -0.3 is 5.32 Å². The van der Waals surface area contributed by atoms with Crippen molar-refractivity contribution < 1.29 is 13.2 Å². The molecule has 1 saturated heterocycles. The third-order valence-corrected chi connectivity index (χ3v) is 7.35. The summed E-state index contributed by atoms with van der Waals surface area (Å²) in [7, 11) is -3.54. The third-order valence-electron chi connectivity index (χ3n) is 5.44. The van der Waals surface area contributed by atoms with Gasteiger partial charge in [0.15, 0.2) is 5.82 Å².